The third-order valence-electron chi connectivity index (χ3n) is 6.81. The van der Waals surface area contributed by atoms with Crippen LogP contribution in [0.15, 0.2) is 24.3 Å². The number of carbonyl (C=O) groups excluding carboxylic acids is 1. The molecule has 0 bridgehead atoms. The lowest BCUT2D eigenvalue weighted by Crippen LogP contribution is -2.50. The molecule has 150 valence electrons. The Morgan fingerprint density at radius 3 is 2.56 bits per heavy atom. The number of hydrogen-bond donors (Lipinski definition) is 2. The Morgan fingerprint density at radius 2 is 1.93 bits per heavy atom. The van der Waals surface area contributed by atoms with Gasteiger partial charge >= 0.3 is 6.03 Å². The first-order valence-corrected chi connectivity index (χ1v) is 10.4. The van der Waals surface area contributed by atoms with Crippen molar-refractivity contribution in [2.45, 2.75) is 65.0 Å². The van der Waals surface area contributed by atoms with E-state index in [-0.39, 0.29) is 23.6 Å². The zero-order chi connectivity index (χ0) is 19.7. The van der Waals surface area contributed by atoms with Gasteiger partial charge in [-0.25, -0.2) is 4.79 Å². The number of anilines is 1. The van der Waals surface area contributed by atoms with Crippen molar-refractivity contribution in [1.29, 1.82) is 0 Å². The molecule has 5 heteroatoms. The number of nitrogens with zero attached hydrogens (tertiary/aromatic N) is 2. The summed E-state index contributed by atoms with van der Waals surface area (Å²) in [5.41, 5.74) is 2.47. The van der Waals surface area contributed by atoms with E-state index in [4.69, 9.17) is 5.11 Å². The van der Waals surface area contributed by atoms with Crippen molar-refractivity contribution in [2.24, 2.45) is 5.41 Å². The highest BCUT2D eigenvalue weighted by Gasteiger charge is 2.74. The molecule has 2 fully saturated rings. The van der Waals surface area contributed by atoms with Crippen LogP contribution in [-0.4, -0.2) is 53.9 Å². The number of urea groups is 1. The van der Waals surface area contributed by atoms with E-state index in [1.807, 2.05) is 4.90 Å². The zero-order valence-corrected chi connectivity index (χ0v) is 17.3. The molecule has 1 aliphatic carbocycles. The number of rotatable bonds is 6. The predicted molar refractivity (Wildman–Crippen MR) is 110 cm³/mol. The minimum absolute atomic E-state index is 0.0187. The Hall–Kier alpha value is -1.75. The molecule has 2 unspecified atom stereocenters. The fourth-order valence-electron chi connectivity index (χ4n) is 4.96. The number of aliphatic hydroxyl groups is 1. The van der Waals surface area contributed by atoms with Crippen LogP contribution in [0, 0.1) is 5.41 Å². The van der Waals surface area contributed by atoms with Crippen molar-refractivity contribution >= 4 is 11.7 Å². The van der Waals surface area contributed by atoms with Crippen LogP contribution in [0.4, 0.5) is 10.5 Å². The molecule has 1 aromatic rings. The average Bonchev–Trinajstić information content (AvgIpc) is 3.17. The van der Waals surface area contributed by atoms with Crippen LogP contribution in [0.1, 0.15) is 52.5 Å². The van der Waals surface area contributed by atoms with Crippen molar-refractivity contribution in [2.75, 3.05) is 31.1 Å². The minimum atomic E-state index is -0.204. The smallest absolute Gasteiger partial charge is 0.318 e. The molecule has 2 N–H and O–H groups in total. The van der Waals surface area contributed by atoms with E-state index in [9.17, 15) is 4.79 Å². The summed E-state index contributed by atoms with van der Waals surface area (Å²) in [7, 11) is 0. The second-order valence-corrected chi connectivity index (χ2v) is 8.70. The molecule has 0 radical (unpaired) electrons. The molecule has 27 heavy (non-hydrogen) atoms. The SMILES string of the molecule is CCCCc1ccc(N2CCCN(C(=O)NCCO)C3(C)C2C3(C)C)cc1. The average molecular weight is 374 g/mol. The Bertz CT molecular complexity index is 658. The topological polar surface area (TPSA) is 55.8 Å². The largest absolute Gasteiger partial charge is 0.395 e. The molecule has 3 rings (SSSR count). The van der Waals surface area contributed by atoms with Crippen molar-refractivity contribution < 1.29 is 9.90 Å². The maximum Gasteiger partial charge on any atom is 0.318 e. The van der Waals surface area contributed by atoms with Gasteiger partial charge in [0.15, 0.2) is 0 Å². The van der Waals surface area contributed by atoms with Gasteiger partial charge in [-0.15, -0.1) is 0 Å². The second kappa shape index (κ2) is 7.70. The van der Waals surface area contributed by atoms with Crippen molar-refractivity contribution in [3.05, 3.63) is 29.8 Å². The monoisotopic (exact) mass is 373 g/mol. The number of nitrogens with one attached hydrogen (secondary N) is 1. The predicted octanol–water partition coefficient (Wildman–Crippen LogP) is 3.41. The Labute approximate surface area is 163 Å². The van der Waals surface area contributed by atoms with Gasteiger partial charge in [0.1, 0.15) is 0 Å². The number of fused-ring (bicyclic) bond motifs is 1. The third kappa shape index (κ3) is 3.42. The summed E-state index contributed by atoms with van der Waals surface area (Å²) in [5, 5.41) is 11.9. The molecular formula is C22H35N3O2. The van der Waals surface area contributed by atoms with E-state index in [2.05, 4.69) is 62.2 Å². The highest BCUT2D eigenvalue weighted by molar-refractivity contribution is 5.77. The summed E-state index contributed by atoms with van der Waals surface area (Å²) >= 11 is 0. The summed E-state index contributed by atoms with van der Waals surface area (Å²) in [6.45, 7) is 10.9. The molecule has 1 aromatic carbocycles. The number of benzene rings is 1. The van der Waals surface area contributed by atoms with E-state index < -0.39 is 0 Å². The molecular weight excluding hydrogens is 338 g/mol. The van der Waals surface area contributed by atoms with Crippen LogP contribution in [0.3, 0.4) is 0 Å². The lowest BCUT2D eigenvalue weighted by Gasteiger charge is -2.31. The van der Waals surface area contributed by atoms with Gasteiger partial charge in [-0.1, -0.05) is 39.3 Å². The maximum atomic E-state index is 12.7. The van der Waals surface area contributed by atoms with Crippen LogP contribution < -0.4 is 10.2 Å². The standard InChI is InChI=1S/C22H35N3O2/c1-5-6-8-17-9-11-18(12-10-17)24-14-7-15-25(20(27)23-13-16-26)22(4)19(24)21(22,2)3/h9-12,19,26H,5-8,13-16H2,1-4H3,(H,23,27). The molecule has 5 nitrogen and oxygen atoms in total. The summed E-state index contributed by atoms with van der Waals surface area (Å²) < 4.78 is 0. The summed E-state index contributed by atoms with van der Waals surface area (Å²) in [4.78, 5) is 17.2. The summed E-state index contributed by atoms with van der Waals surface area (Å²) in [6, 6.07) is 9.26. The van der Waals surface area contributed by atoms with Crippen LogP contribution >= 0.6 is 0 Å². The molecule has 2 atom stereocenters. The van der Waals surface area contributed by atoms with Gasteiger partial charge in [-0.3, -0.25) is 0 Å². The number of amides is 2. The fraction of sp³-hybridized carbons (Fsp3) is 0.682. The molecule has 0 spiro atoms. The quantitative estimate of drug-likeness (QED) is 0.803. The fourth-order valence-corrected chi connectivity index (χ4v) is 4.96. The van der Waals surface area contributed by atoms with E-state index in [0.29, 0.717) is 12.6 Å². The van der Waals surface area contributed by atoms with Crippen molar-refractivity contribution in [1.82, 2.24) is 10.2 Å². The summed E-state index contributed by atoms with van der Waals surface area (Å²) in [5.74, 6) is 0. The molecule has 1 saturated heterocycles. The van der Waals surface area contributed by atoms with Crippen LogP contribution in [0.2, 0.25) is 0 Å². The molecule has 1 saturated carbocycles. The number of unbranched alkanes of at least 4 members (excludes halogenated alkanes) is 1. The van der Waals surface area contributed by atoms with E-state index in [1.54, 1.807) is 0 Å². The molecule has 1 aliphatic heterocycles. The number of carbonyl (C=O) groups is 1. The van der Waals surface area contributed by atoms with Crippen molar-refractivity contribution in [3.63, 3.8) is 0 Å². The van der Waals surface area contributed by atoms with E-state index in [1.165, 1.54) is 24.1 Å². The first-order valence-electron chi connectivity index (χ1n) is 10.4. The third-order valence-corrected chi connectivity index (χ3v) is 6.81. The zero-order valence-electron chi connectivity index (χ0n) is 17.3. The summed E-state index contributed by atoms with van der Waals surface area (Å²) in [6.07, 6.45) is 4.54. The van der Waals surface area contributed by atoms with Gasteiger partial charge in [0.25, 0.3) is 0 Å². The normalized spacial score (nSPS) is 26.3. The highest BCUT2D eigenvalue weighted by Crippen LogP contribution is 2.63. The van der Waals surface area contributed by atoms with Gasteiger partial charge in [-0.05, 0) is 43.9 Å². The van der Waals surface area contributed by atoms with Gasteiger partial charge in [0.2, 0.25) is 0 Å². The Morgan fingerprint density at radius 1 is 1.22 bits per heavy atom. The van der Waals surface area contributed by atoms with Crippen LogP contribution in [-0.2, 0) is 6.42 Å². The van der Waals surface area contributed by atoms with Gasteiger partial charge in [-0.2, -0.15) is 0 Å². The number of hydrogen-bond acceptors (Lipinski definition) is 3. The Kier molecular flexibility index (Phi) is 5.71. The van der Waals surface area contributed by atoms with Crippen molar-refractivity contribution in [3.8, 4) is 0 Å². The van der Waals surface area contributed by atoms with Crippen LogP contribution in [0.5, 0.6) is 0 Å². The molecule has 2 amide bonds. The molecule has 2 aliphatic rings. The highest BCUT2D eigenvalue weighted by atomic mass is 16.3. The number of aryl methyl sites for hydroxylation is 1. The molecule has 1 heterocycles. The lowest BCUT2D eigenvalue weighted by molar-refractivity contribution is 0.155. The maximum absolute atomic E-state index is 12.7. The van der Waals surface area contributed by atoms with Gasteiger partial charge in [0, 0.05) is 30.7 Å². The second-order valence-electron chi connectivity index (χ2n) is 8.70. The number of aliphatic hydroxyl groups excluding tert-OH is 1. The van der Waals surface area contributed by atoms with Gasteiger partial charge < -0.3 is 20.2 Å². The minimum Gasteiger partial charge on any atom is -0.395 e. The van der Waals surface area contributed by atoms with E-state index in [0.717, 1.165) is 25.9 Å². The molecule has 0 aromatic heterocycles. The van der Waals surface area contributed by atoms with Gasteiger partial charge in [0.05, 0.1) is 18.2 Å². The Balaban J connectivity index is 1.81. The first kappa shape index (κ1) is 20.0. The lowest BCUT2D eigenvalue weighted by atomic mass is 10.0. The first-order chi connectivity index (χ1) is 12.9. The van der Waals surface area contributed by atoms with E-state index >= 15 is 0 Å². The van der Waals surface area contributed by atoms with Crippen LogP contribution in [0.25, 0.3) is 0 Å².